The summed E-state index contributed by atoms with van der Waals surface area (Å²) in [6, 6.07) is 17.2. The summed E-state index contributed by atoms with van der Waals surface area (Å²) in [5.41, 5.74) is 1.95. The molecule has 1 unspecified atom stereocenters. The maximum absolute atomic E-state index is 13.9. The van der Waals surface area contributed by atoms with Crippen LogP contribution in [0.2, 0.25) is 0 Å². The first kappa shape index (κ1) is 19.4. The standard InChI is InChI=1S/C24H18FNO4/c1-14-5-7-16(8-6-14)22(28)20-21(15-9-11-19(27)12-10-15)26(24(30)23(20)29)18-4-2-3-17(25)13-18/h2-13,21,27-28H,1H3/b22-20+. The van der Waals surface area contributed by atoms with Crippen molar-refractivity contribution in [2.45, 2.75) is 13.0 Å². The lowest BCUT2D eigenvalue weighted by Gasteiger charge is -2.25. The van der Waals surface area contributed by atoms with Gasteiger partial charge in [0.05, 0.1) is 11.6 Å². The van der Waals surface area contributed by atoms with E-state index in [2.05, 4.69) is 0 Å². The van der Waals surface area contributed by atoms with Crippen molar-refractivity contribution in [3.8, 4) is 5.75 Å². The number of phenols is 1. The third kappa shape index (κ3) is 3.33. The first-order valence-electron chi connectivity index (χ1n) is 9.29. The molecule has 1 fully saturated rings. The Hall–Kier alpha value is -3.93. The molecule has 5 nitrogen and oxygen atoms in total. The van der Waals surface area contributed by atoms with Gasteiger partial charge in [-0.15, -0.1) is 0 Å². The van der Waals surface area contributed by atoms with Gasteiger partial charge in [-0.3, -0.25) is 14.5 Å². The molecule has 30 heavy (non-hydrogen) atoms. The fourth-order valence-corrected chi connectivity index (χ4v) is 3.56. The number of benzene rings is 3. The number of halogens is 1. The second-order valence-electron chi connectivity index (χ2n) is 7.11. The highest BCUT2D eigenvalue weighted by molar-refractivity contribution is 6.51. The zero-order valence-electron chi connectivity index (χ0n) is 16.0. The van der Waals surface area contributed by atoms with Gasteiger partial charge in [-0.2, -0.15) is 0 Å². The number of aliphatic hydroxyl groups is 1. The van der Waals surface area contributed by atoms with Crippen LogP contribution in [0, 0.1) is 12.7 Å². The number of phenolic OH excluding ortho intramolecular Hbond substituents is 1. The number of hydrogen-bond acceptors (Lipinski definition) is 4. The van der Waals surface area contributed by atoms with Gasteiger partial charge < -0.3 is 10.2 Å². The van der Waals surface area contributed by atoms with E-state index in [4.69, 9.17) is 0 Å². The van der Waals surface area contributed by atoms with E-state index in [1.807, 2.05) is 6.92 Å². The minimum absolute atomic E-state index is 0.0139. The summed E-state index contributed by atoms with van der Waals surface area (Å²) in [6.45, 7) is 1.89. The van der Waals surface area contributed by atoms with Gasteiger partial charge in [-0.05, 0) is 42.8 Å². The molecule has 1 amide bonds. The fraction of sp³-hybridized carbons (Fsp3) is 0.0833. The molecule has 0 bridgehead atoms. The van der Waals surface area contributed by atoms with Gasteiger partial charge >= 0.3 is 0 Å². The minimum atomic E-state index is -0.978. The van der Waals surface area contributed by atoms with Gasteiger partial charge in [0, 0.05) is 11.3 Å². The molecule has 1 saturated heterocycles. The number of carbonyl (C=O) groups is 2. The number of amides is 1. The topological polar surface area (TPSA) is 77.8 Å². The summed E-state index contributed by atoms with van der Waals surface area (Å²) in [5, 5.41) is 20.6. The van der Waals surface area contributed by atoms with Crippen molar-refractivity contribution in [1.82, 2.24) is 0 Å². The maximum atomic E-state index is 13.9. The normalized spacial score (nSPS) is 18.1. The Morgan fingerprint density at radius 3 is 2.27 bits per heavy atom. The number of rotatable bonds is 3. The summed E-state index contributed by atoms with van der Waals surface area (Å²) < 4.78 is 13.9. The summed E-state index contributed by atoms with van der Waals surface area (Å²) in [5.74, 6) is -2.59. The lowest BCUT2D eigenvalue weighted by Crippen LogP contribution is -2.29. The van der Waals surface area contributed by atoms with E-state index in [1.165, 1.54) is 30.3 Å². The molecule has 0 saturated carbocycles. The number of nitrogens with zero attached hydrogens (tertiary/aromatic N) is 1. The Labute approximate surface area is 172 Å². The molecule has 0 aromatic heterocycles. The molecule has 2 N–H and O–H groups in total. The largest absolute Gasteiger partial charge is 0.508 e. The molecule has 4 rings (SSSR count). The van der Waals surface area contributed by atoms with Crippen molar-refractivity contribution in [3.63, 3.8) is 0 Å². The SMILES string of the molecule is Cc1ccc(/C(O)=C2\C(=O)C(=O)N(c3cccc(F)c3)C2c2ccc(O)cc2)cc1. The third-order valence-electron chi connectivity index (χ3n) is 5.06. The zero-order chi connectivity index (χ0) is 21.4. The zero-order valence-corrected chi connectivity index (χ0v) is 16.0. The van der Waals surface area contributed by atoms with E-state index in [0.717, 1.165) is 16.5 Å². The second-order valence-corrected chi connectivity index (χ2v) is 7.11. The van der Waals surface area contributed by atoms with Gasteiger partial charge in [0.1, 0.15) is 17.3 Å². The van der Waals surface area contributed by atoms with Crippen LogP contribution >= 0.6 is 0 Å². The van der Waals surface area contributed by atoms with E-state index in [-0.39, 0.29) is 22.8 Å². The van der Waals surface area contributed by atoms with Gasteiger partial charge in [-0.1, -0.05) is 48.0 Å². The van der Waals surface area contributed by atoms with Gasteiger partial charge in [-0.25, -0.2) is 4.39 Å². The molecule has 0 spiro atoms. The van der Waals surface area contributed by atoms with Crippen LogP contribution in [0.1, 0.15) is 22.7 Å². The van der Waals surface area contributed by atoms with Crippen LogP contribution in [0.15, 0.2) is 78.4 Å². The minimum Gasteiger partial charge on any atom is -0.508 e. The molecule has 3 aromatic rings. The predicted molar refractivity (Wildman–Crippen MR) is 110 cm³/mol. The average Bonchev–Trinajstić information content (AvgIpc) is 2.99. The van der Waals surface area contributed by atoms with Gasteiger partial charge in [0.25, 0.3) is 11.7 Å². The molecule has 0 radical (unpaired) electrons. The highest BCUT2D eigenvalue weighted by atomic mass is 19.1. The Morgan fingerprint density at radius 1 is 0.967 bits per heavy atom. The van der Waals surface area contributed by atoms with Crippen molar-refractivity contribution >= 4 is 23.1 Å². The summed E-state index contributed by atoms with van der Waals surface area (Å²) in [7, 11) is 0. The van der Waals surface area contributed by atoms with Crippen molar-refractivity contribution in [2.24, 2.45) is 0 Å². The number of Topliss-reactive ketones (excluding diaryl/α,β-unsaturated/α-hetero) is 1. The molecule has 6 heteroatoms. The monoisotopic (exact) mass is 403 g/mol. The second kappa shape index (κ2) is 7.48. The van der Waals surface area contributed by atoms with Gasteiger partial charge in [0.2, 0.25) is 0 Å². The van der Waals surface area contributed by atoms with E-state index in [9.17, 15) is 24.2 Å². The molecule has 1 heterocycles. The van der Waals surface area contributed by atoms with Crippen molar-refractivity contribution < 1.29 is 24.2 Å². The molecule has 1 aliphatic rings. The van der Waals surface area contributed by atoms with Crippen LogP contribution in [0.25, 0.3) is 5.76 Å². The van der Waals surface area contributed by atoms with Crippen molar-refractivity contribution in [3.05, 3.63) is 101 Å². The molecule has 3 aromatic carbocycles. The number of hydrogen-bond donors (Lipinski definition) is 2. The highest BCUT2D eigenvalue weighted by Gasteiger charge is 2.47. The first-order chi connectivity index (χ1) is 14.4. The molecule has 0 aliphatic carbocycles. The number of aromatic hydroxyl groups is 1. The lowest BCUT2D eigenvalue weighted by molar-refractivity contribution is -0.132. The molecular formula is C24H18FNO4. The Morgan fingerprint density at radius 2 is 1.63 bits per heavy atom. The Bertz CT molecular complexity index is 1170. The van der Waals surface area contributed by atoms with E-state index in [0.29, 0.717) is 11.1 Å². The Kier molecular flexibility index (Phi) is 4.83. The third-order valence-corrected chi connectivity index (χ3v) is 5.06. The summed E-state index contributed by atoms with van der Waals surface area (Å²) in [6.07, 6.45) is 0. The number of carbonyl (C=O) groups excluding carboxylic acids is 2. The number of aliphatic hydroxyl groups excluding tert-OH is 1. The predicted octanol–water partition coefficient (Wildman–Crippen LogP) is 4.47. The first-order valence-corrected chi connectivity index (χ1v) is 9.29. The lowest BCUT2D eigenvalue weighted by atomic mass is 9.95. The highest BCUT2D eigenvalue weighted by Crippen LogP contribution is 2.42. The molecule has 150 valence electrons. The summed E-state index contributed by atoms with van der Waals surface area (Å²) >= 11 is 0. The van der Waals surface area contributed by atoms with Crippen LogP contribution in [-0.4, -0.2) is 21.9 Å². The fourth-order valence-electron chi connectivity index (χ4n) is 3.56. The van der Waals surface area contributed by atoms with E-state index < -0.39 is 23.5 Å². The van der Waals surface area contributed by atoms with Crippen LogP contribution in [0.4, 0.5) is 10.1 Å². The number of aryl methyl sites for hydroxylation is 1. The van der Waals surface area contributed by atoms with E-state index >= 15 is 0 Å². The van der Waals surface area contributed by atoms with Crippen LogP contribution in [0.3, 0.4) is 0 Å². The van der Waals surface area contributed by atoms with Crippen molar-refractivity contribution in [2.75, 3.05) is 4.90 Å². The molecule has 1 aliphatic heterocycles. The quantitative estimate of drug-likeness (QED) is 0.384. The Balaban J connectivity index is 1.95. The van der Waals surface area contributed by atoms with E-state index in [1.54, 1.807) is 36.4 Å². The van der Waals surface area contributed by atoms with Crippen LogP contribution in [0.5, 0.6) is 5.75 Å². The van der Waals surface area contributed by atoms with Crippen LogP contribution < -0.4 is 4.90 Å². The number of anilines is 1. The molecular weight excluding hydrogens is 385 g/mol. The van der Waals surface area contributed by atoms with Gasteiger partial charge in [0.15, 0.2) is 0 Å². The van der Waals surface area contributed by atoms with Crippen LogP contribution in [-0.2, 0) is 9.59 Å². The molecule has 1 atom stereocenters. The maximum Gasteiger partial charge on any atom is 0.300 e. The average molecular weight is 403 g/mol. The summed E-state index contributed by atoms with van der Waals surface area (Å²) in [4.78, 5) is 27.0. The van der Waals surface area contributed by atoms with Crippen molar-refractivity contribution in [1.29, 1.82) is 0 Å². The smallest absolute Gasteiger partial charge is 0.300 e. The number of ketones is 1.